The molecular weight excluding hydrogens is 196 g/mol. The first-order valence-corrected chi connectivity index (χ1v) is 4.36. The second kappa shape index (κ2) is 4.99. The van der Waals surface area contributed by atoms with Gasteiger partial charge in [-0.2, -0.15) is 0 Å². The highest BCUT2D eigenvalue weighted by molar-refractivity contribution is 5.83. The zero-order chi connectivity index (χ0) is 11.3. The number of hydrogen-bond donors (Lipinski definition) is 2. The summed E-state index contributed by atoms with van der Waals surface area (Å²) in [5.41, 5.74) is 6.12. The summed E-state index contributed by atoms with van der Waals surface area (Å²) in [5, 5.41) is 12.8. The SMILES string of the molecule is CC(=O)O/N=C(\N)Cc1ccccc1O. The fraction of sp³-hybridized carbons (Fsp3) is 0.200. The molecule has 0 aromatic heterocycles. The number of amidine groups is 1. The Hall–Kier alpha value is -2.04. The Kier molecular flexibility index (Phi) is 3.68. The summed E-state index contributed by atoms with van der Waals surface area (Å²) in [6.45, 7) is 1.23. The molecule has 1 aromatic rings. The predicted octanol–water partition coefficient (Wildman–Crippen LogP) is 0.770. The van der Waals surface area contributed by atoms with E-state index in [1.807, 2.05) is 0 Å². The highest BCUT2D eigenvalue weighted by Crippen LogP contribution is 2.15. The molecule has 0 heterocycles. The molecule has 0 spiro atoms. The van der Waals surface area contributed by atoms with Gasteiger partial charge in [-0.05, 0) is 6.07 Å². The monoisotopic (exact) mass is 208 g/mol. The van der Waals surface area contributed by atoms with Crippen molar-refractivity contribution in [1.29, 1.82) is 0 Å². The Bertz CT molecular complexity index is 388. The normalized spacial score (nSPS) is 11.1. The number of aromatic hydroxyl groups is 1. The molecule has 5 nitrogen and oxygen atoms in total. The molecule has 0 aliphatic rings. The van der Waals surface area contributed by atoms with Crippen LogP contribution in [0.3, 0.4) is 0 Å². The van der Waals surface area contributed by atoms with Gasteiger partial charge >= 0.3 is 5.97 Å². The van der Waals surface area contributed by atoms with E-state index in [2.05, 4.69) is 9.99 Å². The summed E-state index contributed by atoms with van der Waals surface area (Å²) >= 11 is 0. The second-order valence-corrected chi connectivity index (χ2v) is 2.97. The molecule has 3 N–H and O–H groups in total. The molecule has 0 amide bonds. The summed E-state index contributed by atoms with van der Waals surface area (Å²) in [6, 6.07) is 6.74. The first-order chi connectivity index (χ1) is 7.09. The van der Waals surface area contributed by atoms with Gasteiger partial charge in [0.05, 0.1) is 0 Å². The van der Waals surface area contributed by atoms with Crippen molar-refractivity contribution in [1.82, 2.24) is 0 Å². The molecule has 0 bridgehead atoms. The largest absolute Gasteiger partial charge is 0.508 e. The smallest absolute Gasteiger partial charge is 0.332 e. The lowest BCUT2D eigenvalue weighted by Gasteiger charge is -2.02. The van der Waals surface area contributed by atoms with E-state index in [0.29, 0.717) is 5.56 Å². The molecular formula is C10H12N2O3. The van der Waals surface area contributed by atoms with Crippen LogP contribution < -0.4 is 5.73 Å². The van der Waals surface area contributed by atoms with Gasteiger partial charge < -0.3 is 15.7 Å². The third-order valence-corrected chi connectivity index (χ3v) is 1.65. The van der Waals surface area contributed by atoms with Crippen molar-refractivity contribution in [2.24, 2.45) is 10.9 Å². The Balaban J connectivity index is 2.66. The highest BCUT2D eigenvalue weighted by atomic mass is 16.7. The summed E-state index contributed by atoms with van der Waals surface area (Å²) in [7, 11) is 0. The van der Waals surface area contributed by atoms with Gasteiger partial charge in [0, 0.05) is 18.9 Å². The lowest BCUT2D eigenvalue weighted by molar-refractivity contribution is -0.140. The zero-order valence-electron chi connectivity index (χ0n) is 8.30. The van der Waals surface area contributed by atoms with Crippen LogP contribution >= 0.6 is 0 Å². The maximum absolute atomic E-state index is 10.4. The van der Waals surface area contributed by atoms with E-state index in [1.165, 1.54) is 6.92 Å². The van der Waals surface area contributed by atoms with Crippen molar-refractivity contribution in [3.05, 3.63) is 29.8 Å². The highest BCUT2D eigenvalue weighted by Gasteiger charge is 2.02. The minimum absolute atomic E-state index is 0.131. The first-order valence-electron chi connectivity index (χ1n) is 4.36. The van der Waals surface area contributed by atoms with Gasteiger partial charge in [0.15, 0.2) is 0 Å². The van der Waals surface area contributed by atoms with Crippen LogP contribution in [0.2, 0.25) is 0 Å². The number of phenols is 1. The maximum Gasteiger partial charge on any atom is 0.332 e. The van der Waals surface area contributed by atoms with Crippen molar-refractivity contribution in [3.8, 4) is 5.75 Å². The molecule has 0 atom stereocenters. The number of nitrogens with two attached hydrogens (primary N) is 1. The molecule has 0 aliphatic heterocycles. The number of carbonyl (C=O) groups excluding carboxylic acids is 1. The topological polar surface area (TPSA) is 84.9 Å². The fourth-order valence-electron chi connectivity index (χ4n) is 1.01. The second-order valence-electron chi connectivity index (χ2n) is 2.97. The molecule has 80 valence electrons. The van der Waals surface area contributed by atoms with Gasteiger partial charge in [0.2, 0.25) is 0 Å². The van der Waals surface area contributed by atoms with E-state index in [9.17, 15) is 9.90 Å². The predicted molar refractivity (Wildman–Crippen MR) is 55.2 cm³/mol. The zero-order valence-corrected chi connectivity index (χ0v) is 8.30. The van der Waals surface area contributed by atoms with Crippen LogP contribution in [-0.2, 0) is 16.1 Å². The van der Waals surface area contributed by atoms with E-state index in [1.54, 1.807) is 24.3 Å². The van der Waals surface area contributed by atoms with E-state index < -0.39 is 5.97 Å². The Morgan fingerprint density at radius 1 is 1.53 bits per heavy atom. The molecule has 0 unspecified atom stereocenters. The van der Waals surface area contributed by atoms with Crippen LogP contribution in [-0.4, -0.2) is 16.9 Å². The lowest BCUT2D eigenvalue weighted by atomic mass is 10.1. The Morgan fingerprint density at radius 3 is 2.80 bits per heavy atom. The molecule has 0 aliphatic carbocycles. The Labute approximate surface area is 87.1 Å². The fourth-order valence-corrected chi connectivity index (χ4v) is 1.01. The van der Waals surface area contributed by atoms with Gasteiger partial charge in [-0.25, -0.2) is 4.79 Å². The van der Waals surface area contributed by atoms with E-state index in [0.717, 1.165) is 0 Å². The van der Waals surface area contributed by atoms with Crippen LogP contribution in [0.1, 0.15) is 12.5 Å². The number of rotatable bonds is 3. The number of hydrogen-bond acceptors (Lipinski definition) is 4. The lowest BCUT2D eigenvalue weighted by Crippen LogP contribution is -2.16. The van der Waals surface area contributed by atoms with Crippen molar-refractivity contribution in [3.63, 3.8) is 0 Å². The summed E-state index contributed by atoms with van der Waals surface area (Å²) in [4.78, 5) is 14.8. The van der Waals surface area contributed by atoms with Crippen LogP contribution in [0, 0.1) is 0 Å². The summed E-state index contributed by atoms with van der Waals surface area (Å²) in [5.74, 6) is -0.264. The number of oxime groups is 1. The van der Waals surface area contributed by atoms with Crippen LogP contribution in [0.25, 0.3) is 0 Å². The van der Waals surface area contributed by atoms with Crippen molar-refractivity contribution in [2.45, 2.75) is 13.3 Å². The molecule has 15 heavy (non-hydrogen) atoms. The van der Waals surface area contributed by atoms with Gasteiger partial charge in [0.1, 0.15) is 11.6 Å². The maximum atomic E-state index is 10.4. The number of carbonyl (C=O) groups is 1. The molecule has 0 saturated heterocycles. The number of para-hydroxylation sites is 1. The van der Waals surface area contributed by atoms with Crippen molar-refractivity contribution in [2.75, 3.05) is 0 Å². The van der Waals surface area contributed by atoms with Gasteiger partial charge in [-0.15, -0.1) is 0 Å². The molecule has 5 heteroatoms. The molecule has 0 saturated carbocycles. The molecule has 0 radical (unpaired) electrons. The minimum Gasteiger partial charge on any atom is -0.508 e. The minimum atomic E-state index is -0.532. The van der Waals surface area contributed by atoms with E-state index >= 15 is 0 Å². The van der Waals surface area contributed by atoms with Crippen LogP contribution in [0.4, 0.5) is 0 Å². The number of phenolic OH excluding ortho intramolecular Hbond substituents is 1. The third-order valence-electron chi connectivity index (χ3n) is 1.65. The third kappa shape index (κ3) is 3.68. The molecule has 0 fully saturated rings. The van der Waals surface area contributed by atoms with Crippen molar-refractivity contribution >= 4 is 11.8 Å². The number of nitrogens with zero attached hydrogens (tertiary/aromatic N) is 1. The van der Waals surface area contributed by atoms with Crippen molar-refractivity contribution < 1.29 is 14.7 Å². The average Bonchev–Trinajstić information content (AvgIpc) is 2.18. The summed E-state index contributed by atoms with van der Waals surface area (Å²) in [6.07, 6.45) is 0.236. The molecule has 1 rings (SSSR count). The first kappa shape index (κ1) is 11.0. The van der Waals surface area contributed by atoms with E-state index in [-0.39, 0.29) is 18.0 Å². The van der Waals surface area contributed by atoms with Crippen LogP contribution in [0.15, 0.2) is 29.4 Å². The standard InChI is InChI=1S/C10H12N2O3/c1-7(13)15-12-10(11)6-8-4-2-3-5-9(8)14/h2-5,14H,6H2,1H3,(H2,11,12). The number of benzene rings is 1. The average molecular weight is 208 g/mol. The molecule has 1 aromatic carbocycles. The van der Waals surface area contributed by atoms with Gasteiger partial charge in [-0.3, -0.25) is 0 Å². The Morgan fingerprint density at radius 2 is 2.20 bits per heavy atom. The van der Waals surface area contributed by atoms with E-state index in [4.69, 9.17) is 5.73 Å². The van der Waals surface area contributed by atoms with Gasteiger partial charge in [0.25, 0.3) is 0 Å². The van der Waals surface area contributed by atoms with Crippen LogP contribution in [0.5, 0.6) is 5.75 Å². The van der Waals surface area contributed by atoms with Gasteiger partial charge in [-0.1, -0.05) is 23.4 Å². The quantitative estimate of drug-likeness (QED) is 0.332. The summed E-state index contributed by atoms with van der Waals surface area (Å²) < 4.78 is 0.